The van der Waals surface area contributed by atoms with Crippen LogP contribution in [0.1, 0.15) is 26.7 Å². The molecule has 1 heterocycles. The molecule has 0 aromatic carbocycles. The maximum absolute atomic E-state index is 9.65. The largest absolute Gasteiger partial charge is 0.390 e. The van der Waals surface area contributed by atoms with Gasteiger partial charge in [0.2, 0.25) is 0 Å². The normalized spacial score (nSPS) is 27.4. The molecule has 3 nitrogen and oxygen atoms in total. The van der Waals surface area contributed by atoms with Gasteiger partial charge in [-0.15, -0.1) is 0 Å². The summed E-state index contributed by atoms with van der Waals surface area (Å²) in [6, 6.07) is 0.0879. The molecule has 0 saturated heterocycles. The van der Waals surface area contributed by atoms with Gasteiger partial charge in [-0.1, -0.05) is 6.92 Å². The molecule has 62 valence electrons. The Balaban J connectivity index is 2.41. The summed E-state index contributed by atoms with van der Waals surface area (Å²) in [4.78, 5) is 7.92. The van der Waals surface area contributed by atoms with E-state index in [-0.39, 0.29) is 6.04 Å². The molecule has 0 fully saturated rings. The molecular formula is C8H14N2O. The van der Waals surface area contributed by atoms with Crippen LogP contribution in [-0.4, -0.2) is 29.3 Å². The van der Waals surface area contributed by atoms with Crippen molar-refractivity contribution in [1.82, 2.24) is 0 Å². The van der Waals surface area contributed by atoms with Gasteiger partial charge in [-0.2, -0.15) is 0 Å². The molecule has 0 radical (unpaired) electrons. The fourth-order valence-corrected chi connectivity index (χ4v) is 1.00. The Kier molecular flexibility index (Phi) is 2.39. The number of nitrogens with zero attached hydrogens (tertiary/aromatic N) is 2. The topological polar surface area (TPSA) is 45.0 Å². The van der Waals surface area contributed by atoms with Crippen LogP contribution in [0.15, 0.2) is 9.98 Å². The van der Waals surface area contributed by atoms with E-state index in [0.717, 1.165) is 6.42 Å². The van der Waals surface area contributed by atoms with Gasteiger partial charge in [-0.3, -0.25) is 4.99 Å². The lowest BCUT2D eigenvalue weighted by Crippen LogP contribution is -2.28. The van der Waals surface area contributed by atoms with E-state index in [2.05, 4.69) is 9.98 Å². The van der Waals surface area contributed by atoms with Crippen LogP contribution < -0.4 is 0 Å². The van der Waals surface area contributed by atoms with Crippen molar-refractivity contribution in [3.8, 4) is 0 Å². The molecule has 0 bridgehead atoms. The van der Waals surface area contributed by atoms with Gasteiger partial charge >= 0.3 is 0 Å². The van der Waals surface area contributed by atoms with Crippen molar-refractivity contribution < 1.29 is 5.11 Å². The van der Waals surface area contributed by atoms with Crippen LogP contribution in [0.2, 0.25) is 0 Å². The van der Waals surface area contributed by atoms with Gasteiger partial charge in [0.15, 0.2) is 0 Å². The van der Waals surface area contributed by atoms with Gasteiger partial charge in [0.05, 0.1) is 11.6 Å². The molecular weight excluding hydrogens is 140 g/mol. The summed E-state index contributed by atoms with van der Waals surface area (Å²) in [7, 11) is 0. The predicted octanol–water partition coefficient (Wildman–Crippen LogP) is 1.02. The predicted molar refractivity (Wildman–Crippen MR) is 46.3 cm³/mol. The lowest BCUT2D eigenvalue weighted by atomic mass is 9.95. The van der Waals surface area contributed by atoms with E-state index >= 15 is 0 Å². The molecule has 0 aromatic rings. The fraction of sp³-hybridized carbons (Fsp3) is 0.750. The zero-order valence-electron chi connectivity index (χ0n) is 6.99. The summed E-state index contributed by atoms with van der Waals surface area (Å²) in [6.45, 7) is 3.80. The summed E-state index contributed by atoms with van der Waals surface area (Å²) in [5.41, 5.74) is -0.599. The Morgan fingerprint density at radius 1 is 1.64 bits per heavy atom. The Bertz CT molecular complexity index is 173. The Morgan fingerprint density at radius 3 is 2.82 bits per heavy atom. The highest BCUT2D eigenvalue weighted by atomic mass is 16.3. The van der Waals surface area contributed by atoms with Gasteiger partial charge < -0.3 is 5.11 Å². The number of hydrogen-bond donors (Lipinski definition) is 1. The Hall–Kier alpha value is -0.700. The molecule has 2 unspecified atom stereocenters. The first-order valence-electron chi connectivity index (χ1n) is 3.91. The number of aliphatic imine (C=N–C) groups is 2. The lowest BCUT2D eigenvalue weighted by Gasteiger charge is -2.22. The van der Waals surface area contributed by atoms with E-state index < -0.39 is 5.60 Å². The minimum absolute atomic E-state index is 0.0879. The average molecular weight is 154 g/mol. The van der Waals surface area contributed by atoms with E-state index in [1.54, 1.807) is 6.21 Å². The van der Waals surface area contributed by atoms with Crippen molar-refractivity contribution in [3.05, 3.63) is 0 Å². The van der Waals surface area contributed by atoms with Crippen LogP contribution in [0.3, 0.4) is 0 Å². The molecule has 0 saturated carbocycles. The molecule has 11 heavy (non-hydrogen) atoms. The van der Waals surface area contributed by atoms with Gasteiger partial charge in [0, 0.05) is 12.6 Å². The third kappa shape index (κ3) is 2.42. The first-order chi connectivity index (χ1) is 5.14. The first kappa shape index (κ1) is 8.40. The second-order valence-corrected chi connectivity index (χ2v) is 3.18. The highest BCUT2D eigenvalue weighted by Gasteiger charge is 2.22. The molecule has 1 N–H and O–H groups in total. The molecule has 1 rings (SSSR count). The number of hydrogen-bond acceptors (Lipinski definition) is 3. The third-order valence-electron chi connectivity index (χ3n) is 1.99. The summed E-state index contributed by atoms with van der Waals surface area (Å²) in [6.07, 6.45) is 4.73. The maximum Gasteiger partial charge on any atom is 0.110 e. The zero-order valence-corrected chi connectivity index (χ0v) is 6.99. The van der Waals surface area contributed by atoms with Crippen molar-refractivity contribution in [3.63, 3.8) is 0 Å². The van der Waals surface area contributed by atoms with Crippen LogP contribution in [0.4, 0.5) is 0 Å². The second-order valence-electron chi connectivity index (χ2n) is 3.18. The quantitative estimate of drug-likeness (QED) is 0.648. The highest BCUT2D eigenvalue weighted by Crippen LogP contribution is 2.17. The summed E-state index contributed by atoms with van der Waals surface area (Å²) >= 11 is 0. The molecule has 0 amide bonds. The van der Waals surface area contributed by atoms with Crippen LogP contribution in [0.25, 0.3) is 0 Å². The second kappa shape index (κ2) is 3.13. The van der Waals surface area contributed by atoms with E-state index in [1.165, 1.54) is 6.34 Å². The van der Waals surface area contributed by atoms with Crippen molar-refractivity contribution in [2.45, 2.75) is 38.3 Å². The highest BCUT2D eigenvalue weighted by molar-refractivity contribution is 5.82. The first-order valence-corrected chi connectivity index (χ1v) is 3.91. The lowest BCUT2D eigenvalue weighted by molar-refractivity contribution is 0.0462. The molecule has 1 aliphatic rings. The van der Waals surface area contributed by atoms with Crippen LogP contribution in [-0.2, 0) is 0 Å². The van der Waals surface area contributed by atoms with Crippen LogP contribution in [0.5, 0.6) is 0 Å². The van der Waals surface area contributed by atoms with E-state index in [4.69, 9.17) is 0 Å². The van der Waals surface area contributed by atoms with Crippen molar-refractivity contribution >= 4 is 12.6 Å². The Morgan fingerprint density at radius 2 is 2.36 bits per heavy atom. The van der Waals surface area contributed by atoms with Gasteiger partial charge in [0.1, 0.15) is 6.34 Å². The molecule has 0 spiro atoms. The standard InChI is InChI=1S/C8H14N2O/c1-3-8(2,11)4-7-5-9-6-10-7/h5-7,11H,3-4H2,1-2H3. The summed E-state index contributed by atoms with van der Waals surface area (Å²) in [5.74, 6) is 0. The smallest absolute Gasteiger partial charge is 0.110 e. The monoisotopic (exact) mass is 154 g/mol. The van der Waals surface area contributed by atoms with E-state index in [9.17, 15) is 5.11 Å². The van der Waals surface area contributed by atoms with Crippen molar-refractivity contribution in [2.24, 2.45) is 9.98 Å². The number of aliphatic hydroxyl groups is 1. The SMILES string of the molecule is CCC(C)(O)CC1C=NC=N1. The molecule has 0 aliphatic carbocycles. The zero-order chi connectivity index (χ0) is 8.32. The van der Waals surface area contributed by atoms with E-state index in [0.29, 0.717) is 6.42 Å². The van der Waals surface area contributed by atoms with Crippen LogP contribution >= 0.6 is 0 Å². The molecule has 1 aliphatic heterocycles. The minimum Gasteiger partial charge on any atom is -0.390 e. The summed E-state index contributed by atoms with van der Waals surface area (Å²) in [5, 5.41) is 9.65. The maximum atomic E-state index is 9.65. The van der Waals surface area contributed by atoms with Gasteiger partial charge in [0.25, 0.3) is 0 Å². The number of rotatable bonds is 3. The minimum atomic E-state index is -0.599. The molecule has 3 heteroatoms. The van der Waals surface area contributed by atoms with E-state index in [1.807, 2.05) is 13.8 Å². The third-order valence-corrected chi connectivity index (χ3v) is 1.99. The molecule has 2 atom stereocenters. The van der Waals surface area contributed by atoms with Crippen molar-refractivity contribution in [2.75, 3.05) is 0 Å². The molecule has 0 aromatic heterocycles. The Labute approximate surface area is 66.9 Å². The van der Waals surface area contributed by atoms with Gasteiger partial charge in [-0.25, -0.2) is 4.99 Å². The van der Waals surface area contributed by atoms with Gasteiger partial charge in [-0.05, 0) is 13.3 Å². The average Bonchev–Trinajstić information content (AvgIpc) is 2.39. The van der Waals surface area contributed by atoms with Crippen molar-refractivity contribution in [1.29, 1.82) is 0 Å². The van der Waals surface area contributed by atoms with Crippen LogP contribution in [0, 0.1) is 0 Å². The summed E-state index contributed by atoms with van der Waals surface area (Å²) < 4.78 is 0. The fourth-order valence-electron chi connectivity index (χ4n) is 1.00.